The lowest BCUT2D eigenvalue weighted by Gasteiger charge is -2.11. The van der Waals surface area contributed by atoms with Crippen molar-refractivity contribution in [2.75, 3.05) is 13.7 Å². The zero-order valence-corrected chi connectivity index (χ0v) is 24.7. The van der Waals surface area contributed by atoms with Crippen molar-refractivity contribution in [2.45, 2.75) is 19.5 Å². The summed E-state index contributed by atoms with van der Waals surface area (Å²) in [6.07, 6.45) is 0.422. The number of hydrogen-bond acceptors (Lipinski definition) is 7. The van der Waals surface area contributed by atoms with E-state index in [2.05, 4.69) is 19.9 Å². The van der Waals surface area contributed by atoms with Gasteiger partial charge in [-0.1, -0.05) is 47.5 Å². The highest BCUT2D eigenvalue weighted by Crippen LogP contribution is 2.21. The van der Waals surface area contributed by atoms with Crippen molar-refractivity contribution in [1.82, 2.24) is 29.1 Å². The van der Waals surface area contributed by atoms with Crippen molar-refractivity contribution in [3.05, 3.63) is 116 Å². The number of hydrogen-bond donors (Lipinski definition) is 0. The predicted octanol–water partition coefficient (Wildman–Crippen LogP) is 6.14. The van der Waals surface area contributed by atoms with Crippen molar-refractivity contribution in [3.8, 4) is 22.5 Å². The van der Waals surface area contributed by atoms with Crippen LogP contribution in [0.1, 0.15) is 0 Å². The highest BCUT2D eigenvalue weighted by molar-refractivity contribution is 6.30. The molecule has 0 amide bonds. The molecule has 4 aromatic heterocycles. The van der Waals surface area contributed by atoms with Crippen molar-refractivity contribution in [2.24, 2.45) is 0 Å². The number of fused-ring (bicyclic) bond motifs is 2. The summed E-state index contributed by atoms with van der Waals surface area (Å²) in [5, 5.41) is 1.13. The van der Waals surface area contributed by atoms with E-state index in [-0.39, 0.29) is 16.9 Å². The molecule has 44 heavy (non-hydrogen) atoms. The fourth-order valence-corrected chi connectivity index (χ4v) is 4.69. The van der Waals surface area contributed by atoms with Gasteiger partial charge < -0.3 is 4.74 Å². The smallest absolute Gasteiger partial charge is 0.278 e. The highest BCUT2D eigenvalue weighted by atomic mass is 35.5. The van der Waals surface area contributed by atoms with Crippen LogP contribution in [0.15, 0.2) is 94.8 Å². The molecule has 0 saturated heterocycles. The molecular weight excluding hydrogens is 613 g/mol. The Morgan fingerprint density at radius 1 is 0.727 bits per heavy atom. The van der Waals surface area contributed by atoms with Gasteiger partial charge in [-0.15, -0.1) is 0 Å². The molecule has 0 saturated carbocycles. The zero-order valence-electron chi connectivity index (χ0n) is 23.2. The average Bonchev–Trinajstić information content (AvgIpc) is 3.03. The maximum atomic E-state index is 12.8. The van der Waals surface area contributed by atoms with Gasteiger partial charge in [0.2, 0.25) is 0 Å². The van der Waals surface area contributed by atoms with Crippen LogP contribution in [0.5, 0.6) is 0 Å². The summed E-state index contributed by atoms with van der Waals surface area (Å²) in [5.41, 5.74) is 2.68. The van der Waals surface area contributed by atoms with E-state index in [0.717, 1.165) is 10.1 Å². The third-order valence-electron chi connectivity index (χ3n) is 6.48. The number of methoxy groups -OCH3 is 1. The van der Waals surface area contributed by atoms with Gasteiger partial charge in [0.05, 0.1) is 19.7 Å². The van der Waals surface area contributed by atoms with Crippen LogP contribution in [-0.4, -0.2) is 49.2 Å². The molecule has 2 aromatic carbocycles. The number of alkyl halides is 2. The van der Waals surface area contributed by atoms with Crippen LogP contribution in [0, 0.1) is 0 Å². The lowest BCUT2D eigenvalue weighted by Crippen LogP contribution is -2.27. The van der Waals surface area contributed by atoms with E-state index in [9.17, 15) is 18.4 Å². The van der Waals surface area contributed by atoms with Crippen LogP contribution in [0.3, 0.4) is 0 Å². The van der Waals surface area contributed by atoms with E-state index in [1.807, 2.05) is 6.07 Å². The number of aromatic nitrogens is 6. The Kier molecular flexibility index (Phi) is 9.69. The summed E-state index contributed by atoms with van der Waals surface area (Å²) in [5.74, 6) is 0. The van der Waals surface area contributed by atoms with Gasteiger partial charge in [-0.2, -0.15) is 0 Å². The van der Waals surface area contributed by atoms with Gasteiger partial charge >= 0.3 is 0 Å². The van der Waals surface area contributed by atoms with Gasteiger partial charge in [-0.3, -0.25) is 18.7 Å². The predicted molar refractivity (Wildman–Crippen MR) is 166 cm³/mol. The van der Waals surface area contributed by atoms with Crippen molar-refractivity contribution >= 4 is 45.5 Å². The molecule has 0 spiro atoms. The molecule has 6 aromatic rings. The van der Waals surface area contributed by atoms with Crippen LogP contribution in [0.2, 0.25) is 10.0 Å². The van der Waals surface area contributed by atoms with Crippen molar-refractivity contribution in [3.63, 3.8) is 0 Å². The molecular formula is C31H24Cl2F2N6O3. The average molecular weight is 637 g/mol. The Balaban J connectivity index is 0.000000175. The van der Waals surface area contributed by atoms with Crippen LogP contribution < -0.4 is 11.1 Å². The van der Waals surface area contributed by atoms with Crippen LogP contribution in [0.4, 0.5) is 8.78 Å². The van der Waals surface area contributed by atoms with Gasteiger partial charge in [0.1, 0.15) is 22.4 Å². The summed E-state index contributed by atoms with van der Waals surface area (Å²) in [6.45, 7) is 0.122. The van der Waals surface area contributed by atoms with Crippen LogP contribution in [0.25, 0.3) is 44.8 Å². The lowest BCUT2D eigenvalue weighted by atomic mass is 10.1. The van der Waals surface area contributed by atoms with Gasteiger partial charge in [-0.05, 0) is 48.5 Å². The molecule has 0 bridgehead atoms. The molecule has 0 aliphatic rings. The number of benzene rings is 2. The lowest BCUT2D eigenvalue weighted by molar-refractivity contribution is 0.126. The second kappa shape index (κ2) is 13.8. The van der Waals surface area contributed by atoms with E-state index in [1.165, 1.54) is 6.20 Å². The Morgan fingerprint density at radius 2 is 1.18 bits per heavy atom. The zero-order chi connectivity index (χ0) is 31.2. The number of pyridine rings is 2. The van der Waals surface area contributed by atoms with E-state index in [0.29, 0.717) is 51.1 Å². The molecule has 13 heteroatoms. The number of nitrogens with zero attached hydrogens (tertiary/aromatic N) is 6. The third kappa shape index (κ3) is 6.80. The quantitative estimate of drug-likeness (QED) is 0.207. The maximum Gasteiger partial charge on any atom is 0.278 e. The van der Waals surface area contributed by atoms with Gasteiger partial charge in [0.15, 0.2) is 11.3 Å². The molecule has 224 valence electrons. The van der Waals surface area contributed by atoms with Crippen LogP contribution in [-0.2, 0) is 17.8 Å². The normalized spacial score (nSPS) is 11.1. The molecule has 0 aliphatic carbocycles. The molecule has 9 nitrogen and oxygen atoms in total. The maximum absolute atomic E-state index is 12.8. The van der Waals surface area contributed by atoms with E-state index >= 15 is 0 Å². The van der Waals surface area contributed by atoms with Gasteiger partial charge in [-0.25, -0.2) is 28.7 Å². The topological polar surface area (TPSA) is 105 Å². The monoisotopic (exact) mass is 636 g/mol. The summed E-state index contributed by atoms with van der Waals surface area (Å²) < 4.78 is 33.2. The van der Waals surface area contributed by atoms with Gasteiger partial charge in [0, 0.05) is 40.7 Å². The first-order valence-corrected chi connectivity index (χ1v) is 14.0. The minimum atomic E-state index is -2.66. The third-order valence-corrected chi connectivity index (χ3v) is 6.98. The Hall–Kier alpha value is -4.58. The molecule has 0 aliphatic heterocycles. The second-order valence-corrected chi connectivity index (χ2v) is 10.3. The Bertz CT molecular complexity index is 2040. The largest absolute Gasteiger partial charge is 0.383 e. The molecule has 0 atom stereocenters. The molecule has 6 rings (SSSR count). The Morgan fingerprint density at radius 3 is 1.64 bits per heavy atom. The molecule has 0 N–H and O–H groups in total. The summed E-state index contributed by atoms with van der Waals surface area (Å²) >= 11 is 11.7. The fraction of sp³-hybridized carbons (Fsp3) is 0.161. The molecule has 0 unspecified atom stereocenters. The van der Waals surface area contributed by atoms with E-state index < -0.39 is 18.5 Å². The minimum absolute atomic E-state index is 0.0952. The standard InChI is InChI=1S/C16H14ClN3O2.C15H10ClF2N3O/c1-22-10-9-20-15-13(3-2-8-18-15)19-14(16(20)21)11-4-6-12(17)7-5-11;16-10-5-3-9(4-6-10)13-15(22)21(8-12(17)18)14-11(20-13)2-1-7-19-14/h2-8H,9-10H2,1H3;1-7,12H,8H2. The summed E-state index contributed by atoms with van der Waals surface area (Å²) in [4.78, 5) is 42.2. The first kappa shape index (κ1) is 30.9. The number of rotatable bonds is 7. The SMILES string of the molecule is COCCn1c(=O)c(-c2ccc(Cl)cc2)nc2cccnc21.O=c1c(-c2ccc(Cl)cc2)nc2cccnc2n1CC(F)F. The van der Waals surface area contributed by atoms with Crippen LogP contribution >= 0.6 is 23.2 Å². The van der Waals surface area contributed by atoms with E-state index in [4.69, 9.17) is 27.9 Å². The fourth-order valence-electron chi connectivity index (χ4n) is 4.44. The first-order chi connectivity index (χ1) is 21.3. The summed E-state index contributed by atoms with van der Waals surface area (Å²) in [7, 11) is 1.60. The molecule has 4 heterocycles. The minimum Gasteiger partial charge on any atom is -0.383 e. The Labute approximate surface area is 259 Å². The number of halogens is 4. The van der Waals surface area contributed by atoms with Gasteiger partial charge in [0.25, 0.3) is 17.5 Å². The summed E-state index contributed by atoms with van der Waals surface area (Å²) in [6, 6.07) is 20.4. The van der Waals surface area contributed by atoms with Crippen molar-refractivity contribution in [1.29, 1.82) is 0 Å². The van der Waals surface area contributed by atoms with Crippen molar-refractivity contribution < 1.29 is 13.5 Å². The van der Waals surface area contributed by atoms with E-state index in [1.54, 1.807) is 84.6 Å². The first-order valence-electron chi connectivity index (χ1n) is 13.3. The highest BCUT2D eigenvalue weighted by Gasteiger charge is 2.17. The number of ether oxygens (including phenoxy) is 1. The second-order valence-electron chi connectivity index (χ2n) is 9.38. The molecule has 0 fully saturated rings. The molecule has 0 radical (unpaired) electrons.